The molecule has 1 heterocycles. The van der Waals surface area contributed by atoms with Gasteiger partial charge in [0.05, 0.1) is 28.5 Å². The van der Waals surface area contributed by atoms with Gasteiger partial charge in [-0.2, -0.15) is 0 Å². The van der Waals surface area contributed by atoms with Crippen LogP contribution in [-0.4, -0.2) is 22.2 Å². The Hall–Kier alpha value is -1.56. The highest BCUT2D eigenvalue weighted by molar-refractivity contribution is 6.39. The minimum atomic E-state index is 0.152. The smallest absolute Gasteiger partial charge is 0.145 e. The molecular weight excluding hydrogens is 399 g/mol. The van der Waals surface area contributed by atoms with Gasteiger partial charge < -0.3 is 14.5 Å². The normalized spacial score (nSPS) is 28.2. The van der Waals surface area contributed by atoms with Crippen LogP contribution in [-0.2, 0) is 11.3 Å². The quantitative estimate of drug-likeness (QED) is 0.471. The molecule has 1 N–H and O–H groups in total. The molecule has 28 heavy (non-hydrogen) atoms. The Bertz CT molecular complexity index is 886. The van der Waals surface area contributed by atoms with Crippen LogP contribution in [0.25, 0.3) is 11.3 Å². The van der Waals surface area contributed by atoms with Crippen molar-refractivity contribution in [2.45, 2.75) is 57.2 Å². The predicted molar refractivity (Wildman–Crippen MR) is 107 cm³/mol. The van der Waals surface area contributed by atoms with Crippen LogP contribution in [0.5, 0.6) is 0 Å². The SMILES string of the molecule is ON=C1[C@@H]2CC[C@H]1CC(OCc1c(-c3c(Cl)cccc3Cl)noc1C1CC1)C2. The van der Waals surface area contributed by atoms with Crippen LogP contribution in [0.1, 0.15) is 55.8 Å². The molecule has 7 heteroatoms. The summed E-state index contributed by atoms with van der Waals surface area (Å²) in [5.74, 6) is 2.01. The Labute approximate surface area is 173 Å². The van der Waals surface area contributed by atoms with Crippen molar-refractivity contribution in [2.75, 3.05) is 0 Å². The first-order valence-corrected chi connectivity index (χ1v) is 10.7. The van der Waals surface area contributed by atoms with Gasteiger partial charge in [0.2, 0.25) is 0 Å². The lowest BCUT2D eigenvalue weighted by Gasteiger charge is -2.28. The summed E-state index contributed by atoms with van der Waals surface area (Å²) in [4.78, 5) is 0. The van der Waals surface area contributed by atoms with Gasteiger partial charge in [-0.05, 0) is 50.7 Å². The van der Waals surface area contributed by atoms with E-state index in [-0.39, 0.29) is 6.10 Å². The van der Waals surface area contributed by atoms with E-state index >= 15 is 0 Å². The second-order valence-electron chi connectivity index (χ2n) is 8.15. The molecule has 5 rings (SSSR count). The van der Waals surface area contributed by atoms with Crippen molar-refractivity contribution in [1.82, 2.24) is 5.16 Å². The molecule has 3 saturated carbocycles. The van der Waals surface area contributed by atoms with Crippen LogP contribution in [0.4, 0.5) is 0 Å². The number of benzene rings is 1. The van der Waals surface area contributed by atoms with Crippen LogP contribution in [0.15, 0.2) is 27.9 Å². The molecule has 0 aliphatic heterocycles. The molecule has 0 radical (unpaired) electrons. The fourth-order valence-corrected chi connectivity index (χ4v) is 5.36. The number of halogens is 2. The summed E-state index contributed by atoms with van der Waals surface area (Å²) in [6.45, 7) is 0.432. The Kier molecular flexibility index (Phi) is 4.85. The van der Waals surface area contributed by atoms with Gasteiger partial charge in [-0.15, -0.1) is 0 Å². The fourth-order valence-electron chi connectivity index (χ4n) is 4.79. The lowest BCUT2D eigenvalue weighted by atomic mass is 9.85. The first kappa shape index (κ1) is 18.5. The number of oxime groups is 1. The summed E-state index contributed by atoms with van der Waals surface area (Å²) in [5.41, 5.74) is 3.32. The van der Waals surface area contributed by atoms with Gasteiger partial charge in [-0.25, -0.2) is 0 Å². The number of aromatic nitrogens is 1. The molecule has 148 valence electrons. The van der Waals surface area contributed by atoms with Crippen LogP contribution in [0.3, 0.4) is 0 Å². The van der Waals surface area contributed by atoms with Gasteiger partial charge in [-0.1, -0.05) is 39.6 Å². The second-order valence-corrected chi connectivity index (χ2v) is 8.96. The Morgan fingerprint density at radius 2 is 1.71 bits per heavy atom. The summed E-state index contributed by atoms with van der Waals surface area (Å²) >= 11 is 12.8. The van der Waals surface area contributed by atoms with E-state index in [1.165, 1.54) is 0 Å². The third-order valence-corrected chi connectivity index (χ3v) is 6.97. The highest BCUT2D eigenvalue weighted by Crippen LogP contribution is 2.47. The molecule has 0 spiro atoms. The summed E-state index contributed by atoms with van der Waals surface area (Å²) < 4.78 is 12.1. The molecule has 0 saturated heterocycles. The third kappa shape index (κ3) is 3.23. The molecule has 1 aromatic heterocycles. The van der Waals surface area contributed by atoms with Crippen LogP contribution < -0.4 is 0 Å². The first-order chi connectivity index (χ1) is 13.7. The largest absolute Gasteiger partial charge is 0.411 e. The molecule has 3 aliphatic carbocycles. The van der Waals surface area contributed by atoms with Crippen molar-refractivity contribution in [3.8, 4) is 11.3 Å². The lowest BCUT2D eigenvalue weighted by Crippen LogP contribution is -2.31. The van der Waals surface area contributed by atoms with Crippen molar-refractivity contribution in [3.63, 3.8) is 0 Å². The number of fused-ring (bicyclic) bond motifs is 2. The molecule has 0 amide bonds. The summed E-state index contributed by atoms with van der Waals surface area (Å²) in [7, 11) is 0. The third-order valence-electron chi connectivity index (χ3n) is 6.34. The molecular formula is C21H22Cl2N2O3. The van der Waals surface area contributed by atoms with Crippen molar-refractivity contribution in [2.24, 2.45) is 17.0 Å². The number of hydrogen-bond acceptors (Lipinski definition) is 5. The zero-order valence-corrected chi connectivity index (χ0v) is 16.9. The summed E-state index contributed by atoms with van der Waals surface area (Å²) in [5, 5.41) is 18.2. The average Bonchev–Trinajstić information content (AvgIpc) is 3.39. The Morgan fingerprint density at radius 1 is 1.07 bits per heavy atom. The maximum Gasteiger partial charge on any atom is 0.145 e. The van der Waals surface area contributed by atoms with Gasteiger partial charge in [0.25, 0.3) is 0 Å². The average molecular weight is 421 g/mol. The fraction of sp³-hybridized carbons (Fsp3) is 0.524. The first-order valence-electron chi connectivity index (χ1n) is 9.92. The highest BCUT2D eigenvalue weighted by atomic mass is 35.5. The van der Waals surface area contributed by atoms with Crippen molar-refractivity contribution < 1.29 is 14.5 Å². The second kappa shape index (κ2) is 7.36. The maximum atomic E-state index is 9.26. The molecule has 1 unspecified atom stereocenters. The molecule has 3 fully saturated rings. The van der Waals surface area contributed by atoms with Gasteiger partial charge in [0.15, 0.2) is 0 Å². The monoisotopic (exact) mass is 420 g/mol. The molecule has 2 bridgehead atoms. The molecule has 2 aromatic rings. The zero-order chi connectivity index (χ0) is 19.3. The van der Waals surface area contributed by atoms with E-state index in [0.717, 1.165) is 55.6 Å². The Morgan fingerprint density at radius 3 is 2.32 bits per heavy atom. The van der Waals surface area contributed by atoms with Crippen LogP contribution in [0, 0.1) is 11.8 Å². The van der Waals surface area contributed by atoms with E-state index < -0.39 is 0 Å². The van der Waals surface area contributed by atoms with Crippen molar-refractivity contribution in [1.29, 1.82) is 0 Å². The molecule has 3 aliphatic rings. The number of nitrogens with zero attached hydrogens (tertiary/aromatic N) is 2. The van der Waals surface area contributed by atoms with E-state index in [9.17, 15) is 5.21 Å². The van der Waals surface area contributed by atoms with E-state index in [1.54, 1.807) is 0 Å². The maximum absolute atomic E-state index is 9.26. The van der Waals surface area contributed by atoms with Crippen LogP contribution >= 0.6 is 23.2 Å². The van der Waals surface area contributed by atoms with Crippen molar-refractivity contribution in [3.05, 3.63) is 39.6 Å². The lowest BCUT2D eigenvalue weighted by molar-refractivity contribution is 0.0168. The predicted octanol–water partition coefficient (Wildman–Crippen LogP) is 6.06. The molecule has 3 atom stereocenters. The van der Waals surface area contributed by atoms with Gasteiger partial charge in [0.1, 0.15) is 11.5 Å². The highest BCUT2D eigenvalue weighted by Gasteiger charge is 2.41. The summed E-state index contributed by atoms with van der Waals surface area (Å²) in [6, 6.07) is 5.45. The van der Waals surface area contributed by atoms with E-state index in [1.807, 2.05) is 18.2 Å². The standard InChI is InChI=1S/C21H22Cl2N2O3/c22-16-2-1-3-17(23)18(16)20-15(21(28-25-20)11-4-5-11)10-27-14-8-12-6-7-13(9-14)19(12)24-26/h1-3,11-14,26H,4-10H2/t12-,13+,14?. The van der Waals surface area contributed by atoms with Gasteiger partial charge >= 0.3 is 0 Å². The summed E-state index contributed by atoms with van der Waals surface area (Å²) in [6.07, 6.45) is 6.36. The molecule has 5 nitrogen and oxygen atoms in total. The van der Waals surface area contributed by atoms with Gasteiger partial charge in [-0.3, -0.25) is 0 Å². The van der Waals surface area contributed by atoms with Crippen LogP contribution in [0.2, 0.25) is 10.0 Å². The number of rotatable bonds is 5. The van der Waals surface area contributed by atoms with E-state index in [4.69, 9.17) is 32.5 Å². The van der Waals surface area contributed by atoms with Crippen molar-refractivity contribution >= 4 is 28.9 Å². The van der Waals surface area contributed by atoms with Gasteiger partial charge in [0, 0.05) is 28.9 Å². The van der Waals surface area contributed by atoms with E-state index in [0.29, 0.717) is 45.7 Å². The minimum absolute atomic E-state index is 0.152. The topological polar surface area (TPSA) is 67.9 Å². The zero-order valence-electron chi connectivity index (χ0n) is 15.4. The minimum Gasteiger partial charge on any atom is -0.411 e. The number of ether oxygens (including phenoxy) is 1. The van der Waals surface area contributed by atoms with E-state index in [2.05, 4.69) is 10.3 Å². The number of hydrogen-bond donors (Lipinski definition) is 1. The molecule has 1 aromatic carbocycles. The Balaban J connectivity index is 1.40.